The van der Waals surface area contributed by atoms with Crippen LogP contribution in [0.4, 0.5) is 0 Å². The van der Waals surface area contributed by atoms with E-state index in [1.807, 2.05) is 0 Å². The van der Waals surface area contributed by atoms with Crippen molar-refractivity contribution in [3.05, 3.63) is 0 Å². The topological polar surface area (TPSA) is 169 Å². The molecule has 0 aromatic rings. The van der Waals surface area contributed by atoms with E-state index in [-0.39, 0.29) is 18.3 Å². The highest BCUT2D eigenvalue weighted by atomic mass is 16.5. The molecule has 0 radical (unpaired) electrons. The van der Waals surface area contributed by atoms with E-state index in [9.17, 15) is 24.9 Å². The summed E-state index contributed by atoms with van der Waals surface area (Å²) in [7, 11) is 1.33. The fourth-order valence-electron chi connectivity index (χ4n) is 1.88. The van der Waals surface area contributed by atoms with Gasteiger partial charge in [0.25, 0.3) is 0 Å². The molecule has 0 saturated heterocycles. The zero-order valence-corrected chi connectivity index (χ0v) is 14.2. The molecule has 0 aromatic carbocycles. The van der Waals surface area contributed by atoms with Gasteiger partial charge in [0.15, 0.2) is 0 Å². The molecule has 6 N–H and O–H groups in total. The van der Waals surface area contributed by atoms with E-state index in [1.165, 1.54) is 7.11 Å². The van der Waals surface area contributed by atoms with Gasteiger partial charge >= 0.3 is 5.97 Å². The van der Waals surface area contributed by atoms with Crippen LogP contribution in [0.3, 0.4) is 0 Å². The fourth-order valence-corrected chi connectivity index (χ4v) is 1.88. The zero-order chi connectivity index (χ0) is 19.2. The minimum atomic E-state index is -1.77. The Bertz CT molecular complexity index is 418. The van der Waals surface area contributed by atoms with Crippen LogP contribution >= 0.6 is 0 Å². The van der Waals surface area contributed by atoms with Gasteiger partial charge in [-0.1, -0.05) is 12.8 Å². The lowest BCUT2D eigenvalue weighted by Gasteiger charge is -2.23. The SMILES string of the molecule is COC(=O)CCCCCCC(=O)N/N=C/[C@H](O)[C@H](O)[C@@H](O)[C@@H](O)CO. The van der Waals surface area contributed by atoms with Gasteiger partial charge in [0.2, 0.25) is 5.91 Å². The maximum absolute atomic E-state index is 11.5. The Morgan fingerprint density at radius 3 is 2.20 bits per heavy atom. The number of esters is 1. The Kier molecular flexibility index (Phi) is 12.8. The lowest BCUT2D eigenvalue weighted by molar-refractivity contribution is -0.140. The Labute approximate surface area is 146 Å². The Morgan fingerprint density at radius 1 is 1.04 bits per heavy atom. The number of aliphatic hydroxyl groups is 5. The van der Waals surface area contributed by atoms with Crippen LogP contribution in [0.15, 0.2) is 5.10 Å². The number of nitrogens with zero attached hydrogens (tertiary/aromatic N) is 1. The molecule has 0 unspecified atom stereocenters. The highest BCUT2D eigenvalue weighted by Crippen LogP contribution is 2.06. The molecule has 25 heavy (non-hydrogen) atoms. The molecular weight excluding hydrogens is 336 g/mol. The average Bonchev–Trinajstić information content (AvgIpc) is 2.61. The summed E-state index contributed by atoms with van der Waals surface area (Å²) < 4.78 is 4.51. The highest BCUT2D eigenvalue weighted by Gasteiger charge is 2.29. The smallest absolute Gasteiger partial charge is 0.305 e. The standard InChI is InChI=1S/C15H28N2O8/c1-25-13(22)7-5-3-2-4-6-12(21)17-16-8-10(19)14(23)15(24)11(20)9-18/h8,10-11,14-15,18-20,23-24H,2-7,9H2,1H3,(H,17,21)/b16-8+/t10-,11-,14-,15-/m0/s1. The average molecular weight is 364 g/mol. The molecule has 10 nitrogen and oxygen atoms in total. The van der Waals surface area contributed by atoms with Crippen molar-refractivity contribution in [2.24, 2.45) is 5.10 Å². The number of amides is 1. The fraction of sp³-hybridized carbons (Fsp3) is 0.800. The van der Waals surface area contributed by atoms with Crippen LogP contribution in [0.25, 0.3) is 0 Å². The molecule has 4 atom stereocenters. The number of unbranched alkanes of at least 4 members (excludes halogenated alkanes) is 3. The van der Waals surface area contributed by atoms with Crippen LogP contribution in [0, 0.1) is 0 Å². The third kappa shape index (κ3) is 10.8. The van der Waals surface area contributed by atoms with Gasteiger partial charge in [-0.05, 0) is 12.8 Å². The minimum Gasteiger partial charge on any atom is -0.469 e. The van der Waals surface area contributed by atoms with Gasteiger partial charge in [-0.2, -0.15) is 5.10 Å². The normalized spacial score (nSPS) is 16.2. The van der Waals surface area contributed by atoms with Gasteiger partial charge in [0, 0.05) is 12.8 Å². The quantitative estimate of drug-likeness (QED) is 0.0947. The van der Waals surface area contributed by atoms with Crippen molar-refractivity contribution in [3.63, 3.8) is 0 Å². The monoisotopic (exact) mass is 364 g/mol. The van der Waals surface area contributed by atoms with Crippen LogP contribution in [-0.4, -0.2) is 81.8 Å². The molecule has 0 aliphatic carbocycles. The lowest BCUT2D eigenvalue weighted by atomic mass is 10.0. The van der Waals surface area contributed by atoms with Crippen LogP contribution in [0.1, 0.15) is 38.5 Å². The second-order valence-corrected chi connectivity index (χ2v) is 5.53. The third-order valence-corrected chi connectivity index (χ3v) is 3.46. The number of ether oxygens (including phenoxy) is 1. The van der Waals surface area contributed by atoms with Crippen molar-refractivity contribution in [2.75, 3.05) is 13.7 Å². The first-order valence-electron chi connectivity index (χ1n) is 8.05. The molecule has 0 rings (SSSR count). The van der Waals surface area contributed by atoms with E-state index in [2.05, 4.69) is 15.3 Å². The summed E-state index contributed by atoms with van der Waals surface area (Å²) in [4.78, 5) is 22.4. The second-order valence-electron chi connectivity index (χ2n) is 5.53. The molecule has 0 fully saturated rings. The van der Waals surface area contributed by atoms with Crippen LogP contribution < -0.4 is 5.43 Å². The van der Waals surface area contributed by atoms with Gasteiger partial charge in [-0.15, -0.1) is 0 Å². The molecule has 10 heteroatoms. The largest absolute Gasteiger partial charge is 0.469 e. The first-order valence-corrected chi connectivity index (χ1v) is 8.05. The predicted octanol–water partition coefficient (Wildman–Crippen LogP) is -1.96. The first kappa shape index (κ1) is 23.4. The summed E-state index contributed by atoms with van der Waals surface area (Å²) >= 11 is 0. The van der Waals surface area contributed by atoms with Crippen molar-refractivity contribution in [1.82, 2.24) is 5.43 Å². The van der Waals surface area contributed by atoms with Crippen LogP contribution in [-0.2, 0) is 14.3 Å². The number of carbonyl (C=O) groups excluding carboxylic acids is 2. The third-order valence-electron chi connectivity index (χ3n) is 3.46. The van der Waals surface area contributed by atoms with Gasteiger partial charge in [-0.25, -0.2) is 5.43 Å². The second kappa shape index (κ2) is 13.7. The summed E-state index contributed by atoms with van der Waals surface area (Å²) in [6.07, 6.45) is -2.53. The Balaban J connectivity index is 3.89. The summed E-state index contributed by atoms with van der Waals surface area (Å²) in [5.41, 5.74) is 2.16. The number of methoxy groups -OCH3 is 1. The molecule has 146 valence electrons. The van der Waals surface area contributed by atoms with E-state index in [4.69, 9.17) is 10.2 Å². The summed E-state index contributed by atoms with van der Waals surface area (Å²) in [5, 5.41) is 49.7. The van der Waals surface area contributed by atoms with Gasteiger partial charge in [0.1, 0.15) is 24.4 Å². The maximum atomic E-state index is 11.5. The number of hydrazone groups is 1. The number of aliphatic hydroxyl groups excluding tert-OH is 5. The van der Waals surface area contributed by atoms with Crippen molar-refractivity contribution in [3.8, 4) is 0 Å². The minimum absolute atomic E-state index is 0.208. The van der Waals surface area contributed by atoms with Gasteiger partial charge in [0.05, 0.1) is 19.9 Å². The first-order chi connectivity index (χ1) is 11.8. The van der Waals surface area contributed by atoms with Crippen LogP contribution in [0.5, 0.6) is 0 Å². The molecule has 0 aliphatic heterocycles. The molecule has 1 amide bonds. The molecule has 0 heterocycles. The Morgan fingerprint density at radius 2 is 1.64 bits per heavy atom. The van der Waals surface area contributed by atoms with E-state index >= 15 is 0 Å². The van der Waals surface area contributed by atoms with Gasteiger partial charge in [-0.3, -0.25) is 9.59 Å². The molecular formula is C15H28N2O8. The summed E-state index contributed by atoms with van der Waals surface area (Å²) in [6.45, 7) is -0.779. The predicted molar refractivity (Wildman–Crippen MR) is 87.5 cm³/mol. The maximum Gasteiger partial charge on any atom is 0.305 e. The van der Waals surface area contributed by atoms with Crippen LogP contribution in [0.2, 0.25) is 0 Å². The lowest BCUT2D eigenvalue weighted by Crippen LogP contribution is -2.46. The number of rotatable bonds is 13. The molecule has 0 bridgehead atoms. The van der Waals surface area contributed by atoms with E-state index in [0.717, 1.165) is 19.1 Å². The zero-order valence-electron chi connectivity index (χ0n) is 14.2. The van der Waals surface area contributed by atoms with E-state index in [1.54, 1.807) is 0 Å². The summed E-state index contributed by atoms with van der Waals surface area (Å²) in [6, 6.07) is 0. The number of carbonyl (C=O) groups is 2. The van der Waals surface area contributed by atoms with Crippen molar-refractivity contribution in [2.45, 2.75) is 62.9 Å². The highest BCUT2D eigenvalue weighted by molar-refractivity contribution is 5.77. The van der Waals surface area contributed by atoms with E-state index < -0.39 is 31.0 Å². The number of nitrogens with one attached hydrogen (secondary N) is 1. The number of hydrogen-bond acceptors (Lipinski definition) is 9. The van der Waals surface area contributed by atoms with Crippen molar-refractivity contribution >= 4 is 18.1 Å². The number of hydrogen-bond donors (Lipinski definition) is 6. The van der Waals surface area contributed by atoms with E-state index in [0.29, 0.717) is 19.3 Å². The molecule has 0 spiro atoms. The molecule has 0 saturated carbocycles. The van der Waals surface area contributed by atoms with Crippen molar-refractivity contribution in [1.29, 1.82) is 0 Å². The molecule has 0 aromatic heterocycles. The Hall–Kier alpha value is -1.59. The molecule has 0 aliphatic rings. The summed E-state index contributed by atoms with van der Waals surface area (Å²) in [5.74, 6) is -0.647. The van der Waals surface area contributed by atoms with Gasteiger partial charge < -0.3 is 30.3 Å². The van der Waals surface area contributed by atoms with Crippen molar-refractivity contribution < 1.29 is 39.9 Å².